The topological polar surface area (TPSA) is 82.2 Å². The number of imidazole rings is 1. The summed E-state index contributed by atoms with van der Waals surface area (Å²) < 4.78 is 31.6. The predicted molar refractivity (Wildman–Crippen MR) is 139 cm³/mol. The summed E-state index contributed by atoms with van der Waals surface area (Å²) in [6, 6.07) is 25.8. The van der Waals surface area contributed by atoms with Crippen molar-refractivity contribution < 1.29 is 8.42 Å². The van der Waals surface area contributed by atoms with Gasteiger partial charge in [0.2, 0.25) is 10.0 Å². The number of anilines is 1. The Bertz CT molecular complexity index is 1490. The zero-order valence-electron chi connectivity index (χ0n) is 20.0. The van der Waals surface area contributed by atoms with Crippen LogP contribution < -0.4 is 4.90 Å². The van der Waals surface area contributed by atoms with Gasteiger partial charge in [0.25, 0.3) is 0 Å². The summed E-state index contributed by atoms with van der Waals surface area (Å²) >= 11 is 0. The first-order valence-electron chi connectivity index (χ1n) is 11.8. The molecule has 5 rings (SSSR count). The van der Waals surface area contributed by atoms with Crippen molar-refractivity contribution in [1.29, 1.82) is 5.26 Å². The molecule has 1 atom stereocenters. The first kappa shape index (κ1) is 23.8. The monoisotopic (exact) mass is 497 g/mol. The Labute approximate surface area is 211 Å². The fraction of sp³-hybridized carbons (Fsp3) is 0.214. The maximum absolute atomic E-state index is 14.0. The molecule has 1 aliphatic rings. The van der Waals surface area contributed by atoms with E-state index in [4.69, 9.17) is 0 Å². The third-order valence-electron chi connectivity index (χ3n) is 6.63. The fourth-order valence-corrected chi connectivity index (χ4v) is 6.39. The van der Waals surface area contributed by atoms with Gasteiger partial charge in [-0.15, -0.1) is 0 Å². The number of aryl methyl sites for hydroxylation is 1. The third-order valence-corrected chi connectivity index (χ3v) is 8.54. The molecule has 8 heteroatoms. The van der Waals surface area contributed by atoms with Crippen LogP contribution >= 0.6 is 0 Å². The Morgan fingerprint density at radius 3 is 2.44 bits per heavy atom. The summed E-state index contributed by atoms with van der Waals surface area (Å²) in [5.41, 5.74) is 3.45. The summed E-state index contributed by atoms with van der Waals surface area (Å²) in [4.78, 5) is 6.93. The number of rotatable bonds is 7. The van der Waals surface area contributed by atoms with Crippen LogP contribution in [0.1, 0.15) is 22.5 Å². The Hall–Kier alpha value is -3.93. The summed E-state index contributed by atoms with van der Waals surface area (Å²) in [5, 5.41) is 9.51. The molecule has 3 aromatic carbocycles. The van der Waals surface area contributed by atoms with E-state index >= 15 is 0 Å². The standard InChI is InChI=1S/C28H27N5O2S/c1-31-15-14-30-28(31)21-32-20-25(17-24-16-23(18-29)12-13-27(24)32)33(19-22-8-4-2-5-9-22)36(34,35)26-10-6-3-7-11-26/h2-16,25H,17,19-21H2,1H3/t25-/m1/s1. The van der Waals surface area contributed by atoms with Crippen molar-refractivity contribution in [2.24, 2.45) is 7.05 Å². The zero-order chi connectivity index (χ0) is 25.1. The molecule has 0 saturated carbocycles. The lowest BCUT2D eigenvalue weighted by Gasteiger charge is -2.40. The number of aromatic nitrogens is 2. The Morgan fingerprint density at radius 2 is 1.78 bits per heavy atom. The predicted octanol–water partition coefficient (Wildman–Crippen LogP) is 4.11. The molecule has 0 fully saturated rings. The van der Waals surface area contributed by atoms with Gasteiger partial charge in [-0.3, -0.25) is 0 Å². The van der Waals surface area contributed by atoms with Crippen molar-refractivity contribution in [3.8, 4) is 6.07 Å². The van der Waals surface area contributed by atoms with Crippen LogP contribution in [0, 0.1) is 11.3 Å². The van der Waals surface area contributed by atoms with Crippen molar-refractivity contribution >= 4 is 15.7 Å². The van der Waals surface area contributed by atoms with E-state index in [-0.39, 0.29) is 17.5 Å². The van der Waals surface area contributed by atoms with Gasteiger partial charge in [-0.2, -0.15) is 9.57 Å². The van der Waals surface area contributed by atoms with Gasteiger partial charge < -0.3 is 9.47 Å². The van der Waals surface area contributed by atoms with Crippen LogP contribution in [0.5, 0.6) is 0 Å². The number of nitriles is 1. The molecule has 0 unspecified atom stereocenters. The van der Waals surface area contributed by atoms with Crippen LogP contribution in [0.25, 0.3) is 0 Å². The molecular formula is C28H27N5O2S. The average molecular weight is 498 g/mol. The minimum atomic E-state index is -3.79. The highest BCUT2D eigenvalue weighted by atomic mass is 32.2. The van der Waals surface area contributed by atoms with E-state index < -0.39 is 10.0 Å². The third kappa shape index (κ3) is 4.76. The molecule has 0 radical (unpaired) electrons. The van der Waals surface area contributed by atoms with Gasteiger partial charge in [-0.05, 0) is 47.9 Å². The minimum Gasteiger partial charge on any atom is -0.362 e. The lowest BCUT2D eigenvalue weighted by atomic mass is 9.95. The van der Waals surface area contributed by atoms with Gasteiger partial charge in [0.15, 0.2) is 0 Å². The smallest absolute Gasteiger partial charge is 0.243 e. The summed E-state index contributed by atoms with van der Waals surface area (Å²) in [7, 11) is -1.84. The molecule has 0 N–H and O–H groups in total. The maximum Gasteiger partial charge on any atom is 0.243 e. The van der Waals surface area contributed by atoms with E-state index in [2.05, 4.69) is 16.0 Å². The van der Waals surface area contributed by atoms with Gasteiger partial charge >= 0.3 is 0 Å². The molecule has 0 aliphatic carbocycles. The van der Waals surface area contributed by atoms with Crippen molar-refractivity contribution in [1.82, 2.24) is 13.9 Å². The normalized spacial score (nSPS) is 15.5. The second kappa shape index (κ2) is 9.97. The van der Waals surface area contributed by atoms with E-state index in [1.807, 2.05) is 72.4 Å². The number of benzene rings is 3. The molecule has 182 valence electrons. The van der Waals surface area contributed by atoms with Crippen LogP contribution in [0.3, 0.4) is 0 Å². The first-order chi connectivity index (χ1) is 17.5. The number of nitrogens with zero attached hydrogens (tertiary/aromatic N) is 5. The van der Waals surface area contributed by atoms with E-state index in [9.17, 15) is 13.7 Å². The van der Waals surface area contributed by atoms with E-state index in [1.54, 1.807) is 34.8 Å². The van der Waals surface area contributed by atoms with Gasteiger partial charge in [0.05, 0.1) is 23.1 Å². The molecule has 36 heavy (non-hydrogen) atoms. The largest absolute Gasteiger partial charge is 0.362 e. The molecule has 4 aromatic rings. The number of sulfonamides is 1. The van der Waals surface area contributed by atoms with Crippen molar-refractivity contribution in [3.05, 3.63) is 114 Å². The number of hydrogen-bond donors (Lipinski definition) is 0. The van der Waals surface area contributed by atoms with Crippen LogP contribution in [0.4, 0.5) is 5.69 Å². The van der Waals surface area contributed by atoms with Crippen molar-refractivity contribution in [2.45, 2.75) is 30.4 Å². The number of fused-ring (bicyclic) bond motifs is 1. The minimum absolute atomic E-state index is 0.256. The zero-order valence-corrected chi connectivity index (χ0v) is 20.8. The molecule has 0 spiro atoms. The Morgan fingerprint density at radius 1 is 1.06 bits per heavy atom. The first-order valence-corrected chi connectivity index (χ1v) is 13.2. The van der Waals surface area contributed by atoms with Gasteiger partial charge in [-0.1, -0.05) is 48.5 Å². The molecule has 7 nitrogen and oxygen atoms in total. The van der Waals surface area contributed by atoms with Crippen LogP contribution in [0.15, 0.2) is 96.2 Å². The van der Waals surface area contributed by atoms with Crippen LogP contribution in [0.2, 0.25) is 0 Å². The molecular weight excluding hydrogens is 470 g/mol. The Balaban J connectivity index is 1.58. The average Bonchev–Trinajstić information content (AvgIpc) is 3.31. The second-order valence-corrected chi connectivity index (χ2v) is 10.9. The second-order valence-electron chi connectivity index (χ2n) is 9.00. The Kier molecular flexibility index (Phi) is 6.59. The summed E-state index contributed by atoms with van der Waals surface area (Å²) in [6.45, 7) is 1.29. The van der Waals surface area contributed by atoms with Crippen LogP contribution in [-0.2, 0) is 36.6 Å². The molecule has 0 bridgehead atoms. The van der Waals surface area contributed by atoms with Gasteiger partial charge in [-0.25, -0.2) is 13.4 Å². The lowest BCUT2D eigenvalue weighted by molar-refractivity contribution is 0.302. The molecule has 1 aromatic heterocycles. The van der Waals surface area contributed by atoms with E-state index in [0.717, 1.165) is 22.6 Å². The van der Waals surface area contributed by atoms with E-state index in [1.165, 1.54) is 0 Å². The molecule has 0 amide bonds. The molecule has 0 saturated heterocycles. The highest BCUT2D eigenvalue weighted by Crippen LogP contribution is 2.33. The van der Waals surface area contributed by atoms with Gasteiger partial charge in [0.1, 0.15) is 5.82 Å². The molecule has 2 heterocycles. The number of hydrogen-bond acceptors (Lipinski definition) is 5. The highest BCUT2D eigenvalue weighted by Gasteiger charge is 2.36. The quantitative estimate of drug-likeness (QED) is 0.384. The molecule has 1 aliphatic heterocycles. The highest BCUT2D eigenvalue weighted by molar-refractivity contribution is 7.89. The van der Waals surface area contributed by atoms with Crippen LogP contribution in [-0.4, -0.2) is 34.9 Å². The van der Waals surface area contributed by atoms with Crippen molar-refractivity contribution in [3.63, 3.8) is 0 Å². The maximum atomic E-state index is 14.0. The fourth-order valence-electron chi connectivity index (χ4n) is 4.76. The summed E-state index contributed by atoms with van der Waals surface area (Å²) in [5.74, 6) is 0.881. The van der Waals surface area contributed by atoms with Crippen molar-refractivity contribution in [2.75, 3.05) is 11.4 Å². The van der Waals surface area contributed by atoms with Gasteiger partial charge in [0, 0.05) is 44.3 Å². The summed E-state index contributed by atoms with van der Waals surface area (Å²) in [6.07, 6.45) is 4.18. The SMILES string of the molecule is Cn1ccnc1CN1C[C@H](N(Cc2ccccc2)S(=O)(=O)c2ccccc2)Cc2cc(C#N)ccc21. The lowest BCUT2D eigenvalue weighted by Crippen LogP contribution is -2.50. The van der Waals surface area contributed by atoms with E-state index in [0.29, 0.717) is 25.1 Å².